The van der Waals surface area contributed by atoms with Crippen LogP contribution in [-0.4, -0.2) is 24.6 Å². The zero-order valence-corrected chi connectivity index (χ0v) is 11.5. The van der Waals surface area contributed by atoms with E-state index in [1.807, 2.05) is 0 Å². The number of non-ortho nitro benzene ring substituents is 1. The first kappa shape index (κ1) is 13.5. The maximum absolute atomic E-state index is 10.6. The Hall–Kier alpha value is -0.980. The predicted octanol–water partition coefficient (Wildman–Crippen LogP) is 2.48. The summed E-state index contributed by atoms with van der Waals surface area (Å²) < 4.78 is 6.37. The molecule has 1 heterocycles. The molecule has 0 radical (unpaired) electrons. The van der Waals surface area contributed by atoms with Crippen LogP contribution >= 0.6 is 15.9 Å². The number of nitrogens with one attached hydrogen (secondary N) is 1. The molecule has 6 heteroatoms. The SMILES string of the molecule is O=[N+]([O-])c1ccc(COCC2CCNC2)c(Br)c1. The molecule has 1 unspecified atom stereocenters. The lowest BCUT2D eigenvalue weighted by molar-refractivity contribution is -0.384. The van der Waals surface area contributed by atoms with Gasteiger partial charge in [-0.05, 0) is 30.5 Å². The van der Waals surface area contributed by atoms with Gasteiger partial charge in [-0.1, -0.05) is 15.9 Å². The van der Waals surface area contributed by atoms with Crippen LogP contribution in [0, 0.1) is 16.0 Å². The smallest absolute Gasteiger partial charge is 0.270 e. The second kappa shape index (κ2) is 6.26. The molecule has 98 valence electrons. The summed E-state index contributed by atoms with van der Waals surface area (Å²) in [5, 5.41) is 13.9. The molecule has 1 aromatic carbocycles. The Morgan fingerprint density at radius 2 is 2.39 bits per heavy atom. The van der Waals surface area contributed by atoms with Crippen molar-refractivity contribution >= 4 is 21.6 Å². The van der Waals surface area contributed by atoms with Gasteiger partial charge in [0.05, 0.1) is 18.1 Å². The van der Waals surface area contributed by atoms with E-state index in [1.54, 1.807) is 6.07 Å². The van der Waals surface area contributed by atoms with Gasteiger partial charge in [0.2, 0.25) is 0 Å². The maximum atomic E-state index is 10.6. The minimum Gasteiger partial charge on any atom is -0.376 e. The quantitative estimate of drug-likeness (QED) is 0.670. The Labute approximate surface area is 114 Å². The van der Waals surface area contributed by atoms with Crippen LogP contribution in [-0.2, 0) is 11.3 Å². The van der Waals surface area contributed by atoms with E-state index in [-0.39, 0.29) is 5.69 Å². The van der Waals surface area contributed by atoms with E-state index in [0.29, 0.717) is 12.5 Å². The summed E-state index contributed by atoms with van der Waals surface area (Å²) in [6.07, 6.45) is 1.15. The average Bonchev–Trinajstić information content (AvgIpc) is 2.84. The van der Waals surface area contributed by atoms with Gasteiger partial charge < -0.3 is 10.1 Å². The van der Waals surface area contributed by atoms with E-state index >= 15 is 0 Å². The second-order valence-electron chi connectivity index (χ2n) is 4.41. The number of nitro benzene ring substituents is 1. The molecule has 0 saturated carbocycles. The number of hydrogen-bond donors (Lipinski definition) is 1. The van der Waals surface area contributed by atoms with E-state index in [9.17, 15) is 10.1 Å². The maximum Gasteiger partial charge on any atom is 0.270 e. The Kier molecular flexibility index (Phi) is 4.68. The van der Waals surface area contributed by atoms with Crippen LogP contribution in [0.4, 0.5) is 5.69 Å². The molecule has 0 aliphatic carbocycles. The lowest BCUT2D eigenvalue weighted by Gasteiger charge is -2.10. The highest BCUT2D eigenvalue weighted by Gasteiger charge is 2.15. The number of benzene rings is 1. The third-order valence-electron chi connectivity index (χ3n) is 3.02. The molecule has 0 spiro atoms. The Morgan fingerprint density at radius 3 is 3.00 bits per heavy atom. The molecule has 1 saturated heterocycles. The van der Waals surface area contributed by atoms with Crippen molar-refractivity contribution in [1.82, 2.24) is 5.32 Å². The van der Waals surface area contributed by atoms with Gasteiger partial charge in [-0.3, -0.25) is 10.1 Å². The zero-order valence-electron chi connectivity index (χ0n) is 9.89. The van der Waals surface area contributed by atoms with E-state index < -0.39 is 4.92 Å². The second-order valence-corrected chi connectivity index (χ2v) is 5.26. The van der Waals surface area contributed by atoms with Crippen molar-refractivity contribution in [1.29, 1.82) is 0 Å². The first-order valence-electron chi connectivity index (χ1n) is 5.88. The molecular weight excluding hydrogens is 300 g/mol. The number of nitro groups is 1. The molecule has 1 aliphatic heterocycles. The van der Waals surface area contributed by atoms with Crippen molar-refractivity contribution < 1.29 is 9.66 Å². The first-order valence-corrected chi connectivity index (χ1v) is 6.67. The van der Waals surface area contributed by atoms with E-state index in [1.165, 1.54) is 12.1 Å². The number of rotatable bonds is 5. The summed E-state index contributed by atoms with van der Waals surface area (Å²) in [5.74, 6) is 0.585. The third kappa shape index (κ3) is 3.51. The van der Waals surface area contributed by atoms with Crippen molar-refractivity contribution in [2.45, 2.75) is 13.0 Å². The molecule has 2 rings (SSSR count). The number of halogens is 1. The van der Waals surface area contributed by atoms with Gasteiger partial charge in [0, 0.05) is 23.2 Å². The summed E-state index contributed by atoms with van der Waals surface area (Å²) >= 11 is 3.33. The molecule has 0 aromatic heterocycles. The summed E-state index contributed by atoms with van der Waals surface area (Å²) in [6.45, 7) is 3.29. The molecule has 18 heavy (non-hydrogen) atoms. The highest BCUT2D eigenvalue weighted by Crippen LogP contribution is 2.23. The minimum atomic E-state index is -0.403. The summed E-state index contributed by atoms with van der Waals surface area (Å²) in [4.78, 5) is 10.2. The van der Waals surface area contributed by atoms with Gasteiger partial charge in [-0.2, -0.15) is 0 Å². The molecule has 0 bridgehead atoms. The lowest BCUT2D eigenvalue weighted by atomic mass is 10.1. The highest BCUT2D eigenvalue weighted by atomic mass is 79.9. The monoisotopic (exact) mass is 314 g/mol. The molecule has 5 nitrogen and oxygen atoms in total. The van der Waals surface area contributed by atoms with Crippen molar-refractivity contribution in [3.63, 3.8) is 0 Å². The molecule has 0 amide bonds. The molecule has 1 N–H and O–H groups in total. The third-order valence-corrected chi connectivity index (χ3v) is 3.76. The Bertz CT molecular complexity index is 433. The molecular formula is C12H15BrN2O3. The van der Waals surface area contributed by atoms with Gasteiger partial charge in [-0.15, -0.1) is 0 Å². The lowest BCUT2D eigenvalue weighted by Crippen LogP contribution is -2.13. The fourth-order valence-electron chi connectivity index (χ4n) is 1.96. The van der Waals surface area contributed by atoms with E-state index in [0.717, 1.165) is 36.2 Å². The van der Waals surface area contributed by atoms with Crippen LogP contribution in [0.3, 0.4) is 0 Å². The van der Waals surface area contributed by atoms with Crippen LogP contribution in [0.25, 0.3) is 0 Å². The van der Waals surface area contributed by atoms with Crippen LogP contribution in [0.1, 0.15) is 12.0 Å². The Balaban J connectivity index is 1.87. The van der Waals surface area contributed by atoms with Crippen LogP contribution < -0.4 is 5.32 Å². The van der Waals surface area contributed by atoms with Gasteiger partial charge >= 0.3 is 0 Å². The fourth-order valence-corrected chi connectivity index (χ4v) is 2.44. The van der Waals surface area contributed by atoms with Crippen molar-refractivity contribution in [3.05, 3.63) is 38.3 Å². The van der Waals surface area contributed by atoms with Gasteiger partial charge in [0.1, 0.15) is 0 Å². The van der Waals surface area contributed by atoms with Crippen LogP contribution in [0.15, 0.2) is 22.7 Å². The number of ether oxygens (including phenoxy) is 1. The van der Waals surface area contributed by atoms with Crippen molar-refractivity contribution in [3.8, 4) is 0 Å². The van der Waals surface area contributed by atoms with Crippen LogP contribution in [0.2, 0.25) is 0 Å². The fraction of sp³-hybridized carbons (Fsp3) is 0.500. The molecule has 1 atom stereocenters. The van der Waals surface area contributed by atoms with Gasteiger partial charge in [0.25, 0.3) is 5.69 Å². The molecule has 1 aliphatic rings. The van der Waals surface area contributed by atoms with E-state index in [2.05, 4.69) is 21.2 Å². The molecule has 1 aromatic rings. The Morgan fingerprint density at radius 1 is 1.56 bits per heavy atom. The van der Waals surface area contributed by atoms with Gasteiger partial charge in [-0.25, -0.2) is 0 Å². The topological polar surface area (TPSA) is 64.4 Å². The average molecular weight is 315 g/mol. The van der Waals surface area contributed by atoms with Gasteiger partial charge in [0.15, 0.2) is 0 Å². The first-order chi connectivity index (χ1) is 8.66. The summed E-state index contributed by atoms with van der Waals surface area (Å²) in [6, 6.07) is 4.74. The molecule has 1 fully saturated rings. The normalized spacial score (nSPS) is 19.1. The zero-order chi connectivity index (χ0) is 13.0. The van der Waals surface area contributed by atoms with E-state index in [4.69, 9.17) is 4.74 Å². The number of nitrogens with zero attached hydrogens (tertiary/aromatic N) is 1. The van der Waals surface area contributed by atoms with Crippen molar-refractivity contribution in [2.75, 3.05) is 19.7 Å². The minimum absolute atomic E-state index is 0.0885. The van der Waals surface area contributed by atoms with Crippen LogP contribution in [0.5, 0.6) is 0 Å². The predicted molar refractivity (Wildman–Crippen MR) is 71.4 cm³/mol. The summed E-state index contributed by atoms with van der Waals surface area (Å²) in [7, 11) is 0. The standard InChI is InChI=1S/C12H15BrN2O3/c13-12-5-11(15(16)17)2-1-10(12)8-18-7-9-3-4-14-6-9/h1-2,5,9,14H,3-4,6-8H2. The summed E-state index contributed by atoms with van der Waals surface area (Å²) in [5.41, 5.74) is 1.03. The highest BCUT2D eigenvalue weighted by molar-refractivity contribution is 9.10. The largest absolute Gasteiger partial charge is 0.376 e. The number of hydrogen-bond acceptors (Lipinski definition) is 4. The van der Waals surface area contributed by atoms with Crippen molar-refractivity contribution in [2.24, 2.45) is 5.92 Å².